The number of nitrogens with zero attached hydrogens (tertiary/aromatic N) is 4. The number of hydrogen-bond donors (Lipinski definition) is 4. The number of likely N-dealkylation sites (tertiary alicyclic amines) is 2. The Morgan fingerprint density at radius 1 is 0.578 bits per heavy atom. The van der Waals surface area contributed by atoms with Gasteiger partial charge in [0.2, 0.25) is 11.8 Å². The summed E-state index contributed by atoms with van der Waals surface area (Å²) in [6, 6.07) is 7.61. The van der Waals surface area contributed by atoms with Crippen LogP contribution in [0.3, 0.4) is 0 Å². The lowest BCUT2D eigenvalue weighted by atomic mass is 9.78. The lowest BCUT2D eigenvalue weighted by molar-refractivity contribution is -0.136. The predicted octanol–water partition coefficient (Wildman–Crippen LogP) is 8.95. The van der Waals surface area contributed by atoms with Crippen LogP contribution in [-0.2, 0) is 19.1 Å². The Bertz CT molecular complexity index is 2320. The Balaban J connectivity index is 0.956. The summed E-state index contributed by atoms with van der Waals surface area (Å²) in [5, 5.41) is 5.52. The van der Waals surface area contributed by atoms with Gasteiger partial charge in [-0.15, -0.1) is 0 Å². The van der Waals surface area contributed by atoms with E-state index in [1.165, 1.54) is 97.3 Å². The van der Waals surface area contributed by atoms with Crippen molar-refractivity contribution < 1.29 is 28.7 Å². The van der Waals surface area contributed by atoms with Gasteiger partial charge in [0.25, 0.3) is 0 Å². The highest BCUT2D eigenvalue weighted by atomic mass is 16.5. The lowest BCUT2D eigenvalue weighted by Crippen LogP contribution is -2.51. The van der Waals surface area contributed by atoms with Crippen LogP contribution in [0.2, 0.25) is 0 Å². The minimum absolute atomic E-state index is 0.100. The number of aromatic nitrogens is 4. The van der Waals surface area contributed by atoms with Gasteiger partial charge in [0, 0.05) is 24.2 Å². The number of amides is 4. The molecule has 4 aliphatic carbocycles. The van der Waals surface area contributed by atoms with Crippen LogP contribution in [0.5, 0.6) is 0 Å². The molecule has 4 aromatic rings. The van der Waals surface area contributed by atoms with Crippen molar-refractivity contribution in [1.29, 1.82) is 0 Å². The first-order valence-corrected chi connectivity index (χ1v) is 23.7. The van der Waals surface area contributed by atoms with Gasteiger partial charge in [-0.05, 0) is 133 Å². The standard InChI is InChI=1S/C50H62N8O6/c1-25(2)43(55-49(61)63-5)47(59)57-19-7-9-37(57)45-51-23-35(53-45)33-17-15-31(39-27-11-13-29(21-27)41(33)39)32-16-18-34(42-30-14-12-28(22-30)40(32)42)36-24-52-46(54-36)38-10-8-20-58(38)48(60)44(26(3)4)56-50(62)64-6/h15-18,23-30,37-38,43-44H,7-14,19-22H2,1-6H3,(H,51,53)(H,52,54)(H,55,61)(H,56,62)/t27?,28?,29?,30?,37-,38-,43-,44-/m0/s1. The first kappa shape index (κ1) is 42.3. The first-order chi connectivity index (χ1) is 30.9. The number of ether oxygens (including phenoxy) is 2. The van der Waals surface area contributed by atoms with Gasteiger partial charge >= 0.3 is 12.2 Å². The van der Waals surface area contributed by atoms with Gasteiger partial charge in [0.1, 0.15) is 23.7 Å². The van der Waals surface area contributed by atoms with E-state index in [0.29, 0.717) is 36.8 Å². The summed E-state index contributed by atoms with van der Waals surface area (Å²) in [4.78, 5) is 73.1. The summed E-state index contributed by atoms with van der Waals surface area (Å²) in [6.45, 7) is 8.96. The second kappa shape index (κ2) is 16.7. The van der Waals surface area contributed by atoms with Crippen LogP contribution in [0.15, 0.2) is 36.7 Å². The Kier molecular flexibility index (Phi) is 11.0. The zero-order valence-electron chi connectivity index (χ0n) is 38.0. The number of methoxy groups -OCH3 is 2. The Morgan fingerprint density at radius 2 is 0.938 bits per heavy atom. The van der Waals surface area contributed by atoms with Crippen molar-refractivity contribution in [3.05, 3.63) is 70.6 Å². The number of hydrogen-bond acceptors (Lipinski definition) is 8. The molecule has 64 heavy (non-hydrogen) atoms. The molecule has 4 fully saturated rings. The highest BCUT2D eigenvalue weighted by molar-refractivity contribution is 5.88. The summed E-state index contributed by atoms with van der Waals surface area (Å²) < 4.78 is 9.68. The van der Waals surface area contributed by atoms with E-state index < -0.39 is 24.3 Å². The minimum Gasteiger partial charge on any atom is -0.453 e. The number of benzene rings is 2. The molecule has 338 valence electrons. The van der Waals surface area contributed by atoms with Crippen LogP contribution in [0.1, 0.15) is 162 Å². The van der Waals surface area contributed by atoms with Crippen molar-refractivity contribution in [2.75, 3.05) is 27.3 Å². The summed E-state index contributed by atoms with van der Waals surface area (Å²) in [5.41, 5.74) is 13.1. The van der Waals surface area contributed by atoms with Crippen molar-refractivity contribution >= 4 is 24.0 Å². The van der Waals surface area contributed by atoms with Gasteiger partial charge in [0.05, 0.1) is 50.1 Å². The van der Waals surface area contributed by atoms with Crippen LogP contribution < -0.4 is 10.6 Å². The van der Waals surface area contributed by atoms with Gasteiger partial charge in [-0.3, -0.25) is 9.59 Å². The van der Waals surface area contributed by atoms with E-state index in [1.807, 2.05) is 49.9 Å². The van der Waals surface area contributed by atoms with E-state index in [4.69, 9.17) is 19.4 Å². The van der Waals surface area contributed by atoms with Gasteiger partial charge < -0.3 is 39.9 Å². The molecule has 4 amide bonds. The number of aromatic amines is 2. The summed E-state index contributed by atoms with van der Waals surface area (Å²) in [6.07, 6.45) is 13.2. The maximum atomic E-state index is 13.9. The smallest absolute Gasteiger partial charge is 0.407 e. The van der Waals surface area contributed by atoms with Gasteiger partial charge in [-0.1, -0.05) is 52.0 Å². The average molecular weight is 871 g/mol. The van der Waals surface area contributed by atoms with Crippen LogP contribution in [0.4, 0.5) is 9.59 Å². The highest BCUT2D eigenvalue weighted by Gasteiger charge is 2.45. The molecule has 2 saturated heterocycles. The topological polar surface area (TPSA) is 175 Å². The second-order valence-corrected chi connectivity index (χ2v) is 19.8. The summed E-state index contributed by atoms with van der Waals surface area (Å²) in [7, 11) is 2.63. The van der Waals surface area contributed by atoms with E-state index >= 15 is 0 Å². The summed E-state index contributed by atoms with van der Waals surface area (Å²) in [5.74, 6) is 3.21. The molecule has 2 saturated carbocycles. The number of fused-ring (bicyclic) bond motifs is 10. The molecule has 14 heteroatoms. The van der Waals surface area contributed by atoms with Gasteiger partial charge in [-0.2, -0.15) is 0 Å². The Hall–Kier alpha value is -5.66. The second-order valence-electron chi connectivity index (χ2n) is 19.8. The molecule has 4 unspecified atom stereocenters. The van der Waals surface area contributed by atoms with E-state index in [2.05, 4.69) is 44.9 Å². The van der Waals surface area contributed by atoms with Gasteiger partial charge in [-0.25, -0.2) is 19.6 Å². The molecule has 2 aromatic heterocycles. The first-order valence-electron chi connectivity index (χ1n) is 23.7. The minimum atomic E-state index is -0.682. The molecule has 4 heterocycles. The van der Waals surface area contributed by atoms with Crippen molar-refractivity contribution in [3.63, 3.8) is 0 Å². The fraction of sp³-hybridized carbons (Fsp3) is 0.560. The molecule has 2 aromatic carbocycles. The van der Waals surface area contributed by atoms with Crippen LogP contribution in [-0.4, -0.2) is 93.1 Å². The quantitative estimate of drug-likeness (QED) is 0.116. The summed E-state index contributed by atoms with van der Waals surface area (Å²) >= 11 is 0. The molecule has 2 aliphatic heterocycles. The maximum Gasteiger partial charge on any atom is 0.407 e. The van der Waals surface area contributed by atoms with E-state index in [1.54, 1.807) is 0 Å². The lowest BCUT2D eigenvalue weighted by Gasteiger charge is -2.30. The third-order valence-corrected chi connectivity index (χ3v) is 15.6. The molecule has 8 atom stereocenters. The number of H-pyrrole nitrogens is 2. The number of carbonyl (C=O) groups excluding carboxylic acids is 4. The highest BCUT2D eigenvalue weighted by Crippen LogP contribution is 2.62. The number of alkyl carbamates (subject to hydrolysis) is 2. The Labute approximate surface area is 375 Å². The molecule has 14 nitrogen and oxygen atoms in total. The normalized spacial score (nSPS) is 24.9. The van der Waals surface area contributed by atoms with Crippen molar-refractivity contribution in [1.82, 2.24) is 40.4 Å². The Morgan fingerprint density at radius 3 is 1.30 bits per heavy atom. The molecule has 4 bridgehead atoms. The number of carbonyl (C=O) groups is 4. The van der Waals surface area contributed by atoms with Crippen molar-refractivity contribution in [2.45, 2.75) is 140 Å². The SMILES string of the molecule is COC(=O)N[C@H](C(=O)N1CCC[C@H]1c1ncc(-c2ccc(-c3ccc(-c4cnc([C@@H]5CCCN5C(=O)[C@@H](NC(=O)OC)C(C)C)[nH]4)c4c3C3CCC4C3)c3c2C2CCC3C2)[nH]1)C(C)C. The molecule has 0 radical (unpaired) electrons. The molecular formula is C50H62N8O6. The molecule has 10 rings (SSSR count). The zero-order chi connectivity index (χ0) is 44.6. The monoisotopic (exact) mass is 870 g/mol. The number of imidazole rings is 2. The van der Waals surface area contributed by atoms with Crippen molar-refractivity contribution in [3.8, 4) is 33.6 Å². The largest absolute Gasteiger partial charge is 0.453 e. The van der Waals surface area contributed by atoms with Crippen molar-refractivity contribution in [2.24, 2.45) is 11.8 Å². The predicted molar refractivity (Wildman–Crippen MR) is 241 cm³/mol. The average Bonchev–Trinajstić information content (AvgIpc) is 4.16. The maximum absolute atomic E-state index is 13.9. The number of rotatable bonds is 11. The third kappa shape index (κ3) is 7.06. The molecule has 4 N–H and O–H groups in total. The number of nitrogens with one attached hydrogen (secondary N) is 4. The van der Waals surface area contributed by atoms with E-state index in [-0.39, 0.29) is 35.7 Å². The van der Waals surface area contributed by atoms with E-state index in [9.17, 15) is 19.2 Å². The van der Waals surface area contributed by atoms with Crippen LogP contribution in [0, 0.1) is 11.8 Å². The molecular weight excluding hydrogens is 809 g/mol. The van der Waals surface area contributed by atoms with Gasteiger partial charge in [0.15, 0.2) is 0 Å². The zero-order valence-corrected chi connectivity index (χ0v) is 38.0. The fourth-order valence-electron chi connectivity index (χ4n) is 12.7. The van der Waals surface area contributed by atoms with Crippen LogP contribution >= 0.6 is 0 Å². The molecule has 0 spiro atoms. The molecule has 6 aliphatic rings. The van der Waals surface area contributed by atoms with Crippen LogP contribution in [0.25, 0.3) is 33.6 Å². The third-order valence-electron chi connectivity index (χ3n) is 15.6. The fourth-order valence-corrected chi connectivity index (χ4v) is 12.7. The van der Waals surface area contributed by atoms with E-state index in [0.717, 1.165) is 48.7 Å².